The third-order valence-corrected chi connectivity index (χ3v) is 6.04. The molecule has 0 unspecified atom stereocenters. The van der Waals surface area contributed by atoms with E-state index in [-0.39, 0.29) is 18.0 Å². The Morgan fingerprint density at radius 1 is 1.08 bits per heavy atom. The number of rotatable bonds is 7. The predicted octanol–water partition coefficient (Wildman–Crippen LogP) is 2.20. The maximum Gasteiger partial charge on any atom is 0.248 e. The highest BCUT2D eigenvalue weighted by atomic mass is 79.9. The molecule has 0 saturated heterocycles. The first-order valence-corrected chi connectivity index (χ1v) is 9.92. The van der Waals surface area contributed by atoms with E-state index in [2.05, 4.69) is 21.2 Å². The number of nitrogens with two attached hydrogens (primary N) is 1. The Bertz CT molecular complexity index is 897. The summed E-state index contributed by atoms with van der Waals surface area (Å²) in [7, 11) is -3.78. The van der Waals surface area contributed by atoms with E-state index in [1.54, 1.807) is 19.1 Å². The minimum atomic E-state index is -3.78. The predicted molar refractivity (Wildman–Crippen MR) is 102 cm³/mol. The van der Waals surface area contributed by atoms with Crippen molar-refractivity contribution in [3.05, 3.63) is 58.6 Å². The fourth-order valence-corrected chi connectivity index (χ4v) is 3.87. The van der Waals surface area contributed by atoms with Gasteiger partial charge in [0.05, 0.1) is 11.4 Å². The zero-order valence-corrected chi connectivity index (χ0v) is 16.4. The van der Waals surface area contributed by atoms with E-state index in [4.69, 9.17) is 5.73 Å². The van der Waals surface area contributed by atoms with Gasteiger partial charge >= 0.3 is 0 Å². The van der Waals surface area contributed by atoms with Gasteiger partial charge in [0.2, 0.25) is 21.8 Å². The molecule has 0 aliphatic rings. The van der Waals surface area contributed by atoms with Crippen LogP contribution in [0.4, 0.5) is 5.69 Å². The van der Waals surface area contributed by atoms with Crippen LogP contribution in [0.15, 0.2) is 57.9 Å². The molecule has 2 rings (SSSR count). The second kappa shape index (κ2) is 8.43. The number of anilines is 1. The van der Waals surface area contributed by atoms with Crippen LogP contribution in [0.25, 0.3) is 0 Å². The molecular formula is C17H18BrN3O4S. The van der Waals surface area contributed by atoms with Crippen LogP contribution in [0.2, 0.25) is 0 Å². The summed E-state index contributed by atoms with van der Waals surface area (Å²) in [4.78, 5) is 23.4. The van der Waals surface area contributed by atoms with Crippen molar-refractivity contribution in [2.24, 2.45) is 5.73 Å². The van der Waals surface area contributed by atoms with Crippen LogP contribution in [0.1, 0.15) is 17.3 Å². The molecule has 2 amide bonds. The quantitative estimate of drug-likeness (QED) is 0.688. The lowest BCUT2D eigenvalue weighted by atomic mass is 10.2. The molecule has 0 bridgehead atoms. The summed E-state index contributed by atoms with van der Waals surface area (Å²) in [5.41, 5.74) is 5.92. The Hall–Kier alpha value is -2.23. The largest absolute Gasteiger partial charge is 0.366 e. The summed E-state index contributed by atoms with van der Waals surface area (Å²) in [5.74, 6) is -1.06. The fraction of sp³-hybridized carbons (Fsp3) is 0.176. The molecule has 2 aromatic carbocycles. The lowest BCUT2D eigenvalue weighted by molar-refractivity contribution is -0.116. The van der Waals surface area contributed by atoms with Crippen molar-refractivity contribution in [1.82, 2.24) is 4.31 Å². The van der Waals surface area contributed by atoms with Crippen molar-refractivity contribution in [3.8, 4) is 0 Å². The number of carbonyl (C=O) groups is 2. The van der Waals surface area contributed by atoms with Gasteiger partial charge in [-0.15, -0.1) is 0 Å². The number of amides is 2. The maximum absolute atomic E-state index is 12.7. The first-order chi connectivity index (χ1) is 12.2. The topological polar surface area (TPSA) is 110 Å². The van der Waals surface area contributed by atoms with Crippen molar-refractivity contribution in [3.63, 3.8) is 0 Å². The minimum absolute atomic E-state index is 0.112. The van der Waals surface area contributed by atoms with Crippen molar-refractivity contribution in [2.45, 2.75) is 11.8 Å². The second-order valence-electron chi connectivity index (χ2n) is 5.37. The van der Waals surface area contributed by atoms with Gasteiger partial charge < -0.3 is 11.1 Å². The molecular weight excluding hydrogens is 422 g/mol. The third kappa shape index (κ3) is 4.90. The lowest BCUT2D eigenvalue weighted by Gasteiger charge is -2.20. The van der Waals surface area contributed by atoms with Gasteiger partial charge in [-0.1, -0.05) is 22.9 Å². The zero-order chi connectivity index (χ0) is 19.3. The molecule has 0 aliphatic carbocycles. The van der Waals surface area contributed by atoms with Crippen LogP contribution >= 0.6 is 15.9 Å². The van der Waals surface area contributed by atoms with Crippen LogP contribution in [0, 0.1) is 0 Å². The first kappa shape index (κ1) is 20.1. The number of benzene rings is 2. The van der Waals surface area contributed by atoms with Gasteiger partial charge in [0.1, 0.15) is 0 Å². The molecule has 0 radical (unpaired) electrons. The smallest absolute Gasteiger partial charge is 0.248 e. The Balaban J connectivity index is 2.09. The second-order valence-corrected chi connectivity index (χ2v) is 8.23. The van der Waals surface area contributed by atoms with Gasteiger partial charge in [0, 0.05) is 22.3 Å². The van der Waals surface area contributed by atoms with Gasteiger partial charge in [0.25, 0.3) is 0 Å². The van der Waals surface area contributed by atoms with E-state index >= 15 is 0 Å². The van der Waals surface area contributed by atoms with Crippen molar-refractivity contribution in [2.75, 3.05) is 18.4 Å². The molecule has 9 heteroatoms. The van der Waals surface area contributed by atoms with Gasteiger partial charge in [-0.25, -0.2) is 8.42 Å². The molecule has 0 atom stereocenters. The highest BCUT2D eigenvalue weighted by Gasteiger charge is 2.25. The lowest BCUT2D eigenvalue weighted by Crippen LogP contribution is -2.37. The van der Waals surface area contributed by atoms with Crippen LogP contribution in [-0.4, -0.2) is 37.6 Å². The molecule has 138 valence electrons. The number of hydrogen-bond acceptors (Lipinski definition) is 4. The highest BCUT2D eigenvalue weighted by molar-refractivity contribution is 9.10. The van der Waals surface area contributed by atoms with Crippen molar-refractivity contribution < 1.29 is 18.0 Å². The Labute approximate surface area is 160 Å². The molecule has 26 heavy (non-hydrogen) atoms. The van der Waals surface area contributed by atoms with Crippen LogP contribution in [0.3, 0.4) is 0 Å². The van der Waals surface area contributed by atoms with Gasteiger partial charge in [-0.05, 0) is 48.5 Å². The van der Waals surface area contributed by atoms with Gasteiger partial charge in [-0.2, -0.15) is 4.31 Å². The van der Waals surface area contributed by atoms with E-state index in [1.165, 1.54) is 36.4 Å². The molecule has 0 spiro atoms. The number of halogens is 1. The van der Waals surface area contributed by atoms with Crippen molar-refractivity contribution >= 4 is 43.5 Å². The molecule has 7 nitrogen and oxygen atoms in total. The van der Waals surface area contributed by atoms with Crippen LogP contribution in [0.5, 0.6) is 0 Å². The average molecular weight is 440 g/mol. The number of primary amides is 1. The summed E-state index contributed by atoms with van der Waals surface area (Å²) in [6, 6.07) is 12.2. The molecule has 0 saturated carbocycles. The third-order valence-electron chi connectivity index (χ3n) is 3.58. The summed E-state index contributed by atoms with van der Waals surface area (Å²) in [6.07, 6.45) is 0. The fourth-order valence-electron chi connectivity index (χ4n) is 2.20. The monoisotopic (exact) mass is 439 g/mol. The Morgan fingerprint density at radius 3 is 2.15 bits per heavy atom. The Morgan fingerprint density at radius 2 is 1.65 bits per heavy atom. The molecule has 3 N–H and O–H groups in total. The number of sulfonamides is 1. The molecule has 2 aromatic rings. The van der Waals surface area contributed by atoms with Gasteiger partial charge in [-0.3, -0.25) is 9.59 Å². The highest BCUT2D eigenvalue weighted by Crippen LogP contribution is 2.19. The summed E-state index contributed by atoms with van der Waals surface area (Å²) >= 11 is 3.26. The Kier molecular flexibility index (Phi) is 6.52. The normalized spacial score (nSPS) is 11.3. The molecule has 0 aromatic heterocycles. The summed E-state index contributed by atoms with van der Waals surface area (Å²) < 4.78 is 27.2. The van der Waals surface area contributed by atoms with E-state index in [1.807, 2.05) is 0 Å². The van der Waals surface area contributed by atoms with E-state index in [0.717, 1.165) is 8.78 Å². The summed E-state index contributed by atoms with van der Waals surface area (Å²) in [5, 5.41) is 2.60. The number of nitrogens with zero attached hydrogens (tertiary/aromatic N) is 1. The standard InChI is InChI=1S/C17H18BrN3O4S/c1-2-21(26(24,25)15-9-5-13(18)6-10-15)11-16(22)20-14-7-3-12(4-8-14)17(19)23/h3-10H,2,11H2,1H3,(H2,19,23)(H,20,22). The maximum atomic E-state index is 12.7. The number of likely N-dealkylation sites (N-methyl/N-ethyl adjacent to an activating group) is 1. The number of carbonyl (C=O) groups excluding carboxylic acids is 2. The SMILES string of the molecule is CCN(CC(=O)Nc1ccc(C(N)=O)cc1)S(=O)(=O)c1ccc(Br)cc1. The minimum Gasteiger partial charge on any atom is -0.366 e. The number of nitrogens with one attached hydrogen (secondary N) is 1. The van der Waals surface area contributed by atoms with Gasteiger partial charge in [0.15, 0.2) is 0 Å². The zero-order valence-electron chi connectivity index (χ0n) is 14.0. The van der Waals surface area contributed by atoms with Crippen molar-refractivity contribution in [1.29, 1.82) is 0 Å². The number of hydrogen-bond donors (Lipinski definition) is 2. The van der Waals surface area contributed by atoms with Crippen LogP contribution in [-0.2, 0) is 14.8 Å². The van der Waals surface area contributed by atoms with E-state index in [9.17, 15) is 18.0 Å². The first-order valence-electron chi connectivity index (χ1n) is 7.69. The molecule has 0 fully saturated rings. The van der Waals surface area contributed by atoms with E-state index < -0.39 is 21.8 Å². The molecule has 0 aliphatic heterocycles. The van der Waals surface area contributed by atoms with Crippen LogP contribution < -0.4 is 11.1 Å². The molecule has 0 heterocycles. The summed E-state index contributed by atoms with van der Waals surface area (Å²) in [6.45, 7) is 1.48. The average Bonchev–Trinajstić information content (AvgIpc) is 2.60. The van der Waals surface area contributed by atoms with E-state index in [0.29, 0.717) is 11.3 Å².